The Hall–Kier alpha value is -0.920. The summed E-state index contributed by atoms with van der Waals surface area (Å²) < 4.78 is 12.8. The van der Waals surface area contributed by atoms with Crippen molar-refractivity contribution in [1.82, 2.24) is 14.7 Å². The number of carbonyl (C=O) groups excluding carboxylic acids is 1. The summed E-state index contributed by atoms with van der Waals surface area (Å²) in [5.41, 5.74) is 2.15. The van der Waals surface area contributed by atoms with Gasteiger partial charge in [0.05, 0.1) is 36.0 Å². The first-order chi connectivity index (χ1) is 10.0. The van der Waals surface area contributed by atoms with Gasteiger partial charge < -0.3 is 9.47 Å². The lowest BCUT2D eigenvalue weighted by Crippen LogP contribution is -2.30. The van der Waals surface area contributed by atoms with Gasteiger partial charge in [-0.3, -0.25) is 14.4 Å². The molecule has 6 nitrogen and oxygen atoms in total. The summed E-state index contributed by atoms with van der Waals surface area (Å²) in [5.74, 6) is -0.198. The van der Waals surface area contributed by atoms with Gasteiger partial charge in [0, 0.05) is 33.8 Å². The molecule has 0 radical (unpaired) electrons. The standard InChI is InChI=1S/C14H24BrN3O3/c1-5-11-14(15)12(17(2)16-11)10-18(8-9-20-3)7-6-13(19)21-4/h5-10H2,1-4H3. The minimum Gasteiger partial charge on any atom is -0.469 e. The normalized spacial score (nSPS) is 11.1. The van der Waals surface area contributed by atoms with Crippen LogP contribution in [0.3, 0.4) is 0 Å². The van der Waals surface area contributed by atoms with E-state index in [0.29, 0.717) is 26.1 Å². The van der Waals surface area contributed by atoms with Crippen LogP contribution in [-0.2, 0) is 34.3 Å². The van der Waals surface area contributed by atoms with Gasteiger partial charge in [-0.25, -0.2) is 0 Å². The number of hydrogen-bond donors (Lipinski definition) is 0. The van der Waals surface area contributed by atoms with Gasteiger partial charge in [-0.1, -0.05) is 6.92 Å². The Morgan fingerprint density at radius 2 is 2.10 bits per heavy atom. The quantitative estimate of drug-likeness (QED) is 0.627. The maximum atomic E-state index is 11.3. The number of carbonyl (C=O) groups is 1. The van der Waals surface area contributed by atoms with E-state index >= 15 is 0 Å². The fraction of sp³-hybridized carbons (Fsp3) is 0.714. The molecule has 1 rings (SSSR count). The number of esters is 1. The summed E-state index contributed by atoms with van der Waals surface area (Å²) in [6, 6.07) is 0. The Morgan fingerprint density at radius 1 is 1.38 bits per heavy atom. The molecule has 1 aromatic rings. The lowest BCUT2D eigenvalue weighted by molar-refractivity contribution is -0.141. The molecule has 0 unspecified atom stereocenters. The Bertz CT molecular complexity index is 463. The zero-order valence-corrected chi connectivity index (χ0v) is 14.8. The Morgan fingerprint density at radius 3 is 2.62 bits per heavy atom. The average molecular weight is 362 g/mol. The molecule has 7 heteroatoms. The van der Waals surface area contributed by atoms with E-state index in [2.05, 4.69) is 32.9 Å². The van der Waals surface area contributed by atoms with Gasteiger partial charge in [-0.15, -0.1) is 0 Å². The summed E-state index contributed by atoms with van der Waals surface area (Å²) in [7, 11) is 5.02. The largest absolute Gasteiger partial charge is 0.469 e. The van der Waals surface area contributed by atoms with Gasteiger partial charge >= 0.3 is 5.97 Å². The molecular weight excluding hydrogens is 338 g/mol. The molecule has 0 bridgehead atoms. The number of rotatable bonds is 9. The monoisotopic (exact) mass is 361 g/mol. The first-order valence-corrected chi connectivity index (χ1v) is 7.81. The van der Waals surface area contributed by atoms with Crippen LogP contribution >= 0.6 is 15.9 Å². The van der Waals surface area contributed by atoms with Crippen molar-refractivity contribution in [2.75, 3.05) is 33.9 Å². The van der Waals surface area contributed by atoms with Crippen LogP contribution in [0.25, 0.3) is 0 Å². The first kappa shape index (κ1) is 18.1. The molecule has 21 heavy (non-hydrogen) atoms. The highest BCUT2D eigenvalue weighted by Crippen LogP contribution is 2.23. The number of aryl methyl sites for hydroxylation is 2. The number of ether oxygens (including phenoxy) is 2. The fourth-order valence-electron chi connectivity index (χ4n) is 2.05. The van der Waals surface area contributed by atoms with Crippen LogP contribution in [0.1, 0.15) is 24.7 Å². The second-order valence-corrected chi connectivity index (χ2v) is 5.57. The van der Waals surface area contributed by atoms with E-state index in [1.807, 2.05) is 11.7 Å². The third-order valence-electron chi connectivity index (χ3n) is 3.35. The van der Waals surface area contributed by atoms with E-state index in [4.69, 9.17) is 9.47 Å². The van der Waals surface area contributed by atoms with Crippen LogP contribution in [0.15, 0.2) is 4.47 Å². The van der Waals surface area contributed by atoms with E-state index in [-0.39, 0.29) is 5.97 Å². The predicted octanol–water partition coefficient (Wildman–Crippen LogP) is 1.76. The molecule has 0 atom stereocenters. The lowest BCUT2D eigenvalue weighted by Gasteiger charge is -2.21. The van der Waals surface area contributed by atoms with Gasteiger partial charge in [0.15, 0.2) is 0 Å². The summed E-state index contributed by atoms with van der Waals surface area (Å²) in [5, 5.41) is 4.49. The van der Waals surface area contributed by atoms with Crippen molar-refractivity contribution in [1.29, 1.82) is 0 Å². The van der Waals surface area contributed by atoms with Crippen LogP contribution in [0, 0.1) is 0 Å². The summed E-state index contributed by atoms with van der Waals surface area (Å²) in [4.78, 5) is 13.5. The maximum Gasteiger partial charge on any atom is 0.306 e. The molecule has 120 valence electrons. The van der Waals surface area contributed by atoms with E-state index in [1.165, 1.54) is 7.11 Å². The molecule has 0 aliphatic heterocycles. The van der Waals surface area contributed by atoms with Crippen LogP contribution in [-0.4, -0.2) is 54.6 Å². The lowest BCUT2D eigenvalue weighted by atomic mass is 10.2. The highest BCUT2D eigenvalue weighted by Gasteiger charge is 2.16. The Kier molecular flexibility index (Phi) is 7.92. The SMILES string of the molecule is CCc1nn(C)c(CN(CCOC)CCC(=O)OC)c1Br. The van der Waals surface area contributed by atoms with Crippen LogP contribution in [0.5, 0.6) is 0 Å². The molecular formula is C14H24BrN3O3. The number of hydrogen-bond acceptors (Lipinski definition) is 5. The smallest absolute Gasteiger partial charge is 0.306 e. The van der Waals surface area contributed by atoms with Crippen molar-refractivity contribution in [2.24, 2.45) is 7.05 Å². The average Bonchev–Trinajstić information content (AvgIpc) is 2.76. The molecule has 0 amide bonds. The van der Waals surface area contributed by atoms with Crippen molar-refractivity contribution in [3.63, 3.8) is 0 Å². The zero-order valence-electron chi connectivity index (χ0n) is 13.2. The Balaban J connectivity index is 2.75. The van der Waals surface area contributed by atoms with Gasteiger partial charge in [0.2, 0.25) is 0 Å². The van der Waals surface area contributed by atoms with E-state index in [1.54, 1.807) is 7.11 Å². The van der Waals surface area contributed by atoms with Crippen molar-refractivity contribution in [2.45, 2.75) is 26.3 Å². The molecule has 0 aliphatic rings. The number of halogens is 1. The van der Waals surface area contributed by atoms with Gasteiger partial charge in [-0.2, -0.15) is 5.10 Å². The summed E-state index contributed by atoms with van der Waals surface area (Å²) >= 11 is 3.62. The van der Waals surface area contributed by atoms with Gasteiger partial charge in [0.25, 0.3) is 0 Å². The highest BCUT2D eigenvalue weighted by atomic mass is 79.9. The summed E-state index contributed by atoms with van der Waals surface area (Å²) in [6.45, 7) is 4.81. The summed E-state index contributed by atoms with van der Waals surface area (Å²) in [6.07, 6.45) is 1.25. The molecule has 0 saturated heterocycles. The predicted molar refractivity (Wildman–Crippen MR) is 84.1 cm³/mol. The maximum absolute atomic E-state index is 11.3. The topological polar surface area (TPSA) is 56.6 Å². The highest BCUT2D eigenvalue weighted by molar-refractivity contribution is 9.10. The minimum absolute atomic E-state index is 0.198. The van der Waals surface area contributed by atoms with Crippen molar-refractivity contribution >= 4 is 21.9 Å². The molecule has 0 fully saturated rings. The number of nitrogens with zero attached hydrogens (tertiary/aromatic N) is 3. The van der Waals surface area contributed by atoms with Gasteiger partial charge in [-0.05, 0) is 22.4 Å². The molecule has 0 spiro atoms. The van der Waals surface area contributed by atoms with E-state index < -0.39 is 0 Å². The molecule has 1 heterocycles. The van der Waals surface area contributed by atoms with E-state index in [9.17, 15) is 4.79 Å². The third kappa shape index (κ3) is 5.41. The van der Waals surface area contributed by atoms with Crippen LogP contribution in [0.2, 0.25) is 0 Å². The van der Waals surface area contributed by atoms with Crippen LogP contribution in [0.4, 0.5) is 0 Å². The number of methoxy groups -OCH3 is 2. The third-order valence-corrected chi connectivity index (χ3v) is 4.26. The van der Waals surface area contributed by atoms with Crippen molar-refractivity contribution in [3.05, 3.63) is 15.9 Å². The molecule has 0 aliphatic carbocycles. The molecule has 0 N–H and O–H groups in total. The fourth-order valence-corrected chi connectivity index (χ4v) is 2.79. The first-order valence-electron chi connectivity index (χ1n) is 7.01. The minimum atomic E-state index is -0.198. The van der Waals surface area contributed by atoms with E-state index in [0.717, 1.165) is 28.8 Å². The molecule has 1 aromatic heterocycles. The molecule has 0 aromatic carbocycles. The van der Waals surface area contributed by atoms with Gasteiger partial charge in [0.1, 0.15) is 0 Å². The second-order valence-electron chi connectivity index (χ2n) is 4.78. The second kappa shape index (κ2) is 9.17. The van der Waals surface area contributed by atoms with Crippen molar-refractivity contribution < 1.29 is 14.3 Å². The van der Waals surface area contributed by atoms with Crippen LogP contribution < -0.4 is 0 Å². The molecule has 0 saturated carbocycles. The zero-order chi connectivity index (χ0) is 15.8. The van der Waals surface area contributed by atoms with Crippen molar-refractivity contribution in [3.8, 4) is 0 Å². The number of aromatic nitrogens is 2. The Labute approximate surface area is 134 Å².